The lowest BCUT2D eigenvalue weighted by atomic mass is 10.1. The minimum absolute atomic E-state index is 0.0347. The molecule has 2 N–H and O–H groups in total. The van der Waals surface area contributed by atoms with Crippen LogP contribution in [-0.2, 0) is 11.2 Å². The lowest BCUT2D eigenvalue weighted by molar-refractivity contribution is -0.119. The van der Waals surface area contributed by atoms with E-state index >= 15 is 0 Å². The van der Waals surface area contributed by atoms with Gasteiger partial charge in [0.1, 0.15) is 5.01 Å². The molecule has 2 aromatic rings. The van der Waals surface area contributed by atoms with E-state index in [-0.39, 0.29) is 17.7 Å². The molecule has 0 aliphatic carbocycles. The van der Waals surface area contributed by atoms with Crippen molar-refractivity contribution in [2.45, 2.75) is 33.1 Å². The predicted molar refractivity (Wildman–Crippen MR) is 103 cm³/mol. The number of amides is 2. The number of hydrogen-bond donors (Lipinski definition) is 2. The number of nitrogens with zero attached hydrogens (tertiary/aromatic N) is 2. The molecule has 1 atom stereocenters. The van der Waals surface area contributed by atoms with E-state index in [4.69, 9.17) is 0 Å². The fourth-order valence-electron chi connectivity index (χ4n) is 2.21. The Kier molecular flexibility index (Phi) is 7.52. The van der Waals surface area contributed by atoms with Gasteiger partial charge in [0.2, 0.25) is 11.0 Å². The maximum atomic E-state index is 12.1. The Labute approximate surface area is 159 Å². The van der Waals surface area contributed by atoms with Crippen molar-refractivity contribution in [3.8, 4) is 0 Å². The summed E-state index contributed by atoms with van der Waals surface area (Å²) in [5, 5.41) is 15.0. The van der Waals surface area contributed by atoms with Gasteiger partial charge in [-0.3, -0.25) is 9.59 Å². The molecular weight excluding hydrogens is 404 g/mol. The molecule has 0 radical (unpaired) electrons. The topological polar surface area (TPSA) is 84.0 Å². The normalized spacial score (nSPS) is 11.8. The summed E-state index contributed by atoms with van der Waals surface area (Å²) in [5.41, 5.74) is 0.601. The van der Waals surface area contributed by atoms with Gasteiger partial charge < -0.3 is 10.6 Å². The molecule has 1 aromatic carbocycles. The quantitative estimate of drug-likeness (QED) is 0.676. The summed E-state index contributed by atoms with van der Waals surface area (Å²) in [7, 11) is 0. The molecule has 0 saturated heterocycles. The van der Waals surface area contributed by atoms with Crippen molar-refractivity contribution >= 4 is 44.2 Å². The molecule has 0 aliphatic heterocycles. The smallest absolute Gasteiger partial charge is 0.251 e. The van der Waals surface area contributed by atoms with Crippen molar-refractivity contribution in [1.82, 2.24) is 15.5 Å². The standard InChI is InChI=1S/C17H21BrN4O2S/c1-3-5-11(2)15(23)20-17-22-21-14(25-17)8-9-19-16(24)12-6-4-7-13(18)10-12/h4,6-7,10-11H,3,5,8-9H2,1-2H3,(H,19,24)(H,20,22,23). The van der Waals surface area contributed by atoms with Crippen LogP contribution >= 0.6 is 27.3 Å². The first-order valence-corrected chi connectivity index (χ1v) is 9.77. The van der Waals surface area contributed by atoms with Crippen molar-refractivity contribution in [2.24, 2.45) is 5.92 Å². The van der Waals surface area contributed by atoms with Gasteiger partial charge in [-0.25, -0.2) is 0 Å². The van der Waals surface area contributed by atoms with Crippen LogP contribution < -0.4 is 10.6 Å². The Morgan fingerprint density at radius 2 is 2.12 bits per heavy atom. The molecule has 1 aromatic heterocycles. The van der Waals surface area contributed by atoms with E-state index in [0.29, 0.717) is 23.7 Å². The van der Waals surface area contributed by atoms with Crippen LogP contribution in [0.1, 0.15) is 42.1 Å². The molecule has 0 saturated carbocycles. The van der Waals surface area contributed by atoms with E-state index in [1.54, 1.807) is 12.1 Å². The number of aromatic nitrogens is 2. The Morgan fingerprint density at radius 1 is 1.32 bits per heavy atom. The van der Waals surface area contributed by atoms with Crippen LogP contribution in [0.5, 0.6) is 0 Å². The van der Waals surface area contributed by atoms with Gasteiger partial charge in [-0.1, -0.05) is 53.6 Å². The highest BCUT2D eigenvalue weighted by Crippen LogP contribution is 2.17. The second-order valence-corrected chi connectivity index (χ2v) is 7.67. The van der Waals surface area contributed by atoms with Gasteiger partial charge in [-0.2, -0.15) is 0 Å². The van der Waals surface area contributed by atoms with E-state index in [0.717, 1.165) is 22.3 Å². The second-order valence-electron chi connectivity index (χ2n) is 5.70. The molecule has 0 bridgehead atoms. The third kappa shape index (κ3) is 6.21. The zero-order valence-corrected chi connectivity index (χ0v) is 16.6. The molecule has 2 rings (SSSR count). The number of nitrogens with one attached hydrogen (secondary N) is 2. The van der Waals surface area contributed by atoms with E-state index in [2.05, 4.69) is 43.7 Å². The summed E-state index contributed by atoms with van der Waals surface area (Å²) < 4.78 is 0.863. The number of hydrogen-bond acceptors (Lipinski definition) is 5. The molecule has 0 aliphatic rings. The molecule has 8 heteroatoms. The largest absolute Gasteiger partial charge is 0.352 e. The van der Waals surface area contributed by atoms with Gasteiger partial charge in [-0.15, -0.1) is 10.2 Å². The summed E-state index contributed by atoms with van der Waals surface area (Å²) in [5.74, 6) is -0.206. The first kappa shape index (κ1) is 19.5. The van der Waals surface area contributed by atoms with E-state index in [1.807, 2.05) is 19.1 Å². The van der Waals surface area contributed by atoms with Crippen LogP contribution in [0, 0.1) is 5.92 Å². The highest BCUT2D eigenvalue weighted by Gasteiger charge is 2.14. The number of halogens is 1. The number of rotatable bonds is 8. The van der Waals surface area contributed by atoms with Crippen LogP contribution in [0.2, 0.25) is 0 Å². The Balaban J connectivity index is 1.79. The minimum atomic E-state index is -0.132. The number of carbonyl (C=O) groups excluding carboxylic acids is 2. The van der Waals surface area contributed by atoms with Gasteiger partial charge >= 0.3 is 0 Å². The minimum Gasteiger partial charge on any atom is -0.352 e. The van der Waals surface area contributed by atoms with E-state index < -0.39 is 0 Å². The lowest BCUT2D eigenvalue weighted by Gasteiger charge is -2.07. The molecule has 1 heterocycles. The van der Waals surface area contributed by atoms with Crippen molar-refractivity contribution < 1.29 is 9.59 Å². The van der Waals surface area contributed by atoms with Crippen LogP contribution in [0.3, 0.4) is 0 Å². The fraction of sp³-hybridized carbons (Fsp3) is 0.412. The summed E-state index contributed by atoms with van der Waals surface area (Å²) in [4.78, 5) is 24.0. The van der Waals surface area contributed by atoms with Gasteiger partial charge in [0.25, 0.3) is 5.91 Å². The summed E-state index contributed by atoms with van der Waals surface area (Å²) >= 11 is 4.68. The Morgan fingerprint density at radius 3 is 2.84 bits per heavy atom. The van der Waals surface area contributed by atoms with Gasteiger partial charge in [-0.05, 0) is 24.6 Å². The first-order chi connectivity index (χ1) is 12.0. The number of benzene rings is 1. The Hall–Kier alpha value is -1.80. The first-order valence-electron chi connectivity index (χ1n) is 8.16. The summed E-state index contributed by atoms with van der Waals surface area (Å²) in [6, 6.07) is 7.22. The van der Waals surface area contributed by atoms with Crippen molar-refractivity contribution in [3.63, 3.8) is 0 Å². The average Bonchev–Trinajstić information content (AvgIpc) is 3.02. The highest BCUT2D eigenvalue weighted by molar-refractivity contribution is 9.10. The van der Waals surface area contributed by atoms with E-state index in [1.165, 1.54) is 11.3 Å². The molecule has 0 fully saturated rings. The lowest BCUT2D eigenvalue weighted by Crippen LogP contribution is -2.25. The molecule has 0 spiro atoms. The highest BCUT2D eigenvalue weighted by atomic mass is 79.9. The molecule has 2 amide bonds. The van der Waals surface area contributed by atoms with Crippen LogP contribution in [0.25, 0.3) is 0 Å². The summed E-state index contributed by atoms with van der Waals surface area (Å²) in [6.07, 6.45) is 2.38. The predicted octanol–water partition coefficient (Wildman–Crippen LogP) is 3.65. The van der Waals surface area contributed by atoms with Crippen LogP contribution in [-0.4, -0.2) is 28.6 Å². The summed E-state index contributed by atoms with van der Waals surface area (Å²) in [6.45, 7) is 4.41. The zero-order valence-electron chi connectivity index (χ0n) is 14.2. The molecule has 25 heavy (non-hydrogen) atoms. The Bertz CT molecular complexity index is 735. The molecule has 1 unspecified atom stereocenters. The number of anilines is 1. The molecule has 6 nitrogen and oxygen atoms in total. The fourth-order valence-corrected chi connectivity index (χ4v) is 3.35. The monoisotopic (exact) mass is 424 g/mol. The van der Waals surface area contributed by atoms with Gasteiger partial charge in [0.15, 0.2) is 0 Å². The average molecular weight is 425 g/mol. The third-order valence-corrected chi connectivity index (χ3v) is 4.97. The number of carbonyl (C=O) groups is 2. The third-order valence-electron chi connectivity index (χ3n) is 3.58. The zero-order chi connectivity index (χ0) is 18.2. The van der Waals surface area contributed by atoms with Crippen molar-refractivity contribution in [1.29, 1.82) is 0 Å². The molecular formula is C17H21BrN4O2S. The van der Waals surface area contributed by atoms with Crippen molar-refractivity contribution in [2.75, 3.05) is 11.9 Å². The second kappa shape index (κ2) is 9.62. The van der Waals surface area contributed by atoms with Gasteiger partial charge in [0.05, 0.1) is 0 Å². The maximum absolute atomic E-state index is 12.1. The molecule has 134 valence electrons. The van der Waals surface area contributed by atoms with Gasteiger partial charge in [0, 0.05) is 28.9 Å². The van der Waals surface area contributed by atoms with Crippen LogP contribution in [0.4, 0.5) is 5.13 Å². The van der Waals surface area contributed by atoms with Crippen molar-refractivity contribution in [3.05, 3.63) is 39.3 Å². The maximum Gasteiger partial charge on any atom is 0.251 e. The SMILES string of the molecule is CCCC(C)C(=O)Nc1nnc(CCNC(=O)c2cccc(Br)c2)s1. The van der Waals surface area contributed by atoms with Crippen LogP contribution in [0.15, 0.2) is 28.7 Å². The van der Waals surface area contributed by atoms with E-state index in [9.17, 15) is 9.59 Å².